The van der Waals surface area contributed by atoms with Crippen LogP contribution in [0.2, 0.25) is 0 Å². The molecular formula is C20H19N5OS. The van der Waals surface area contributed by atoms with E-state index in [2.05, 4.69) is 20.9 Å². The maximum absolute atomic E-state index is 5.32. The zero-order valence-corrected chi connectivity index (χ0v) is 15.8. The van der Waals surface area contributed by atoms with Crippen molar-refractivity contribution in [2.45, 2.75) is 0 Å². The average molecular weight is 377 g/mol. The average Bonchev–Trinajstić information content (AvgIpc) is 3.17. The number of para-hydroxylation sites is 2. The standard InChI is InChI=1S/C20H19N5OS/c1-26-14-6-7-17-18(12-14)27-20(23-17)25-10-8-24(9-11-25)19-13-21-15-4-2-3-5-16(15)22-19/h2-7,12-13H,8-11H2,1H3. The summed E-state index contributed by atoms with van der Waals surface area (Å²) in [5.74, 6) is 1.82. The van der Waals surface area contributed by atoms with Crippen LogP contribution in [0.25, 0.3) is 21.3 Å². The van der Waals surface area contributed by atoms with Crippen LogP contribution in [0.15, 0.2) is 48.7 Å². The van der Waals surface area contributed by atoms with Gasteiger partial charge in [-0.1, -0.05) is 23.5 Å². The monoisotopic (exact) mass is 377 g/mol. The first-order valence-corrected chi connectivity index (χ1v) is 9.78. The third-order valence-corrected chi connectivity index (χ3v) is 5.97. The Labute approximate surface area is 161 Å². The molecule has 0 saturated carbocycles. The molecule has 0 bridgehead atoms. The van der Waals surface area contributed by atoms with Crippen LogP contribution in [0.3, 0.4) is 0 Å². The van der Waals surface area contributed by atoms with E-state index in [4.69, 9.17) is 14.7 Å². The molecule has 5 rings (SSSR count). The SMILES string of the molecule is COc1ccc2nc(N3CCN(c4cnc5ccccc5n4)CC3)sc2c1. The van der Waals surface area contributed by atoms with Gasteiger partial charge in [0.05, 0.1) is 34.6 Å². The summed E-state index contributed by atoms with van der Waals surface area (Å²) in [6.07, 6.45) is 1.88. The van der Waals surface area contributed by atoms with Crippen molar-refractivity contribution < 1.29 is 4.74 Å². The quantitative estimate of drug-likeness (QED) is 0.544. The van der Waals surface area contributed by atoms with E-state index < -0.39 is 0 Å². The second kappa shape index (κ2) is 6.66. The van der Waals surface area contributed by atoms with E-state index in [1.807, 2.05) is 42.6 Å². The molecule has 27 heavy (non-hydrogen) atoms. The van der Waals surface area contributed by atoms with Crippen molar-refractivity contribution in [2.75, 3.05) is 43.1 Å². The Morgan fingerprint density at radius 3 is 2.48 bits per heavy atom. The van der Waals surface area contributed by atoms with Gasteiger partial charge < -0.3 is 14.5 Å². The second-order valence-corrected chi connectivity index (χ2v) is 7.53. The van der Waals surface area contributed by atoms with Crippen LogP contribution in [0.4, 0.5) is 10.9 Å². The van der Waals surface area contributed by atoms with Crippen molar-refractivity contribution in [3.8, 4) is 5.75 Å². The second-order valence-electron chi connectivity index (χ2n) is 6.52. The number of rotatable bonds is 3. The molecule has 0 unspecified atom stereocenters. The Morgan fingerprint density at radius 2 is 1.67 bits per heavy atom. The minimum absolute atomic E-state index is 0.873. The number of hydrogen-bond donors (Lipinski definition) is 0. The summed E-state index contributed by atoms with van der Waals surface area (Å²) < 4.78 is 6.48. The van der Waals surface area contributed by atoms with E-state index >= 15 is 0 Å². The van der Waals surface area contributed by atoms with Crippen LogP contribution in [-0.4, -0.2) is 48.2 Å². The summed E-state index contributed by atoms with van der Waals surface area (Å²) in [5.41, 5.74) is 2.90. The summed E-state index contributed by atoms with van der Waals surface area (Å²) >= 11 is 1.72. The zero-order valence-electron chi connectivity index (χ0n) is 15.0. The molecule has 0 atom stereocenters. The summed E-state index contributed by atoms with van der Waals surface area (Å²) in [6, 6.07) is 14.0. The van der Waals surface area contributed by atoms with Gasteiger partial charge in [0, 0.05) is 26.2 Å². The minimum Gasteiger partial charge on any atom is -0.497 e. The predicted octanol–water partition coefficient (Wildman–Crippen LogP) is 3.57. The molecule has 0 N–H and O–H groups in total. The fraction of sp³-hybridized carbons (Fsp3) is 0.250. The van der Waals surface area contributed by atoms with Crippen LogP contribution in [0.5, 0.6) is 5.75 Å². The Hall–Kier alpha value is -2.93. The van der Waals surface area contributed by atoms with E-state index in [0.717, 1.165) is 64.1 Å². The Bertz CT molecular complexity index is 1100. The molecule has 136 valence electrons. The number of piperazine rings is 1. The zero-order chi connectivity index (χ0) is 18.2. The third-order valence-electron chi connectivity index (χ3n) is 4.89. The number of benzene rings is 2. The molecule has 3 heterocycles. The molecule has 0 amide bonds. The topological polar surface area (TPSA) is 54.4 Å². The number of ether oxygens (including phenoxy) is 1. The van der Waals surface area contributed by atoms with Gasteiger partial charge in [-0.2, -0.15) is 0 Å². The molecule has 6 nitrogen and oxygen atoms in total. The summed E-state index contributed by atoms with van der Waals surface area (Å²) in [6.45, 7) is 3.66. The highest BCUT2D eigenvalue weighted by Gasteiger charge is 2.21. The van der Waals surface area contributed by atoms with Crippen LogP contribution in [-0.2, 0) is 0 Å². The molecule has 1 aliphatic heterocycles. The molecule has 2 aromatic heterocycles. The largest absolute Gasteiger partial charge is 0.497 e. The van der Waals surface area contributed by atoms with E-state index in [0.29, 0.717) is 0 Å². The Kier molecular flexibility index (Phi) is 4.01. The molecule has 4 aromatic rings. The highest BCUT2D eigenvalue weighted by atomic mass is 32.1. The van der Waals surface area contributed by atoms with Gasteiger partial charge in [-0.05, 0) is 30.3 Å². The van der Waals surface area contributed by atoms with Gasteiger partial charge in [0.1, 0.15) is 11.6 Å². The fourth-order valence-corrected chi connectivity index (χ4v) is 4.43. The van der Waals surface area contributed by atoms with Gasteiger partial charge in [-0.25, -0.2) is 9.97 Å². The van der Waals surface area contributed by atoms with Crippen LogP contribution >= 0.6 is 11.3 Å². The van der Waals surface area contributed by atoms with Crippen LogP contribution in [0, 0.1) is 0 Å². The molecule has 0 radical (unpaired) electrons. The number of hydrogen-bond acceptors (Lipinski definition) is 7. The first-order valence-electron chi connectivity index (χ1n) is 8.96. The van der Waals surface area contributed by atoms with E-state index in [-0.39, 0.29) is 0 Å². The van der Waals surface area contributed by atoms with Crippen LogP contribution in [0.1, 0.15) is 0 Å². The highest BCUT2D eigenvalue weighted by Crippen LogP contribution is 2.32. The van der Waals surface area contributed by atoms with Gasteiger partial charge in [0.2, 0.25) is 0 Å². The molecular weight excluding hydrogens is 358 g/mol. The lowest BCUT2D eigenvalue weighted by Crippen LogP contribution is -2.46. The Balaban J connectivity index is 1.33. The molecule has 0 spiro atoms. The van der Waals surface area contributed by atoms with E-state index in [1.165, 1.54) is 0 Å². The molecule has 2 aromatic carbocycles. The van der Waals surface area contributed by atoms with Crippen LogP contribution < -0.4 is 14.5 Å². The fourth-order valence-electron chi connectivity index (χ4n) is 3.38. The number of nitrogens with zero attached hydrogens (tertiary/aromatic N) is 5. The van der Waals surface area contributed by atoms with Crippen molar-refractivity contribution in [2.24, 2.45) is 0 Å². The van der Waals surface area contributed by atoms with Gasteiger partial charge in [0.25, 0.3) is 0 Å². The van der Waals surface area contributed by atoms with E-state index in [1.54, 1.807) is 18.4 Å². The molecule has 0 aliphatic carbocycles. The smallest absolute Gasteiger partial charge is 0.186 e. The van der Waals surface area contributed by atoms with Crippen molar-refractivity contribution in [3.63, 3.8) is 0 Å². The third kappa shape index (κ3) is 3.04. The first kappa shape index (κ1) is 16.3. The van der Waals surface area contributed by atoms with Gasteiger partial charge in [-0.15, -0.1) is 0 Å². The maximum atomic E-state index is 5.32. The first-order chi connectivity index (χ1) is 13.3. The number of fused-ring (bicyclic) bond motifs is 2. The van der Waals surface area contributed by atoms with Crippen molar-refractivity contribution in [1.29, 1.82) is 0 Å². The summed E-state index contributed by atoms with van der Waals surface area (Å²) in [7, 11) is 1.69. The lowest BCUT2D eigenvalue weighted by atomic mass is 10.3. The lowest BCUT2D eigenvalue weighted by molar-refractivity contribution is 0.415. The molecule has 7 heteroatoms. The molecule has 1 aliphatic rings. The lowest BCUT2D eigenvalue weighted by Gasteiger charge is -2.35. The molecule has 1 saturated heterocycles. The Morgan fingerprint density at radius 1 is 0.889 bits per heavy atom. The number of methoxy groups -OCH3 is 1. The number of anilines is 2. The van der Waals surface area contributed by atoms with Crippen molar-refractivity contribution in [3.05, 3.63) is 48.7 Å². The van der Waals surface area contributed by atoms with Crippen molar-refractivity contribution >= 4 is 43.5 Å². The normalized spacial score (nSPS) is 14.9. The minimum atomic E-state index is 0.873. The van der Waals surface area contributed by atoms with E-state index in [9.17, 15) is 0 Å². The molecule has 1 fully saturated rings. The summed E-state index contributed by atoms with van der Waals surface area (Å²) in [5, 5.41) is 1.07. The number of thiazole rings is 1. The van der Waals surface area contributed by atoms with Gasteiger partial charge in [0.15, 0.2) is 5.13 Å². The highest BCUT2D eigenvalue weighted by molar-refractivity contribution is 7.22. The van der Waals surface area contributed by atoms with Gasteiger partial charge >= 0.3 is 0 Å². The van der Waals surface area contributed by atoms with Crippen molar-refractivity contribution in [1.82, 2.24) is 15.0 Å². The van der Waals surface area contributed by atoms with Gasteiger partial charge in [-0.3, -0.25) is 4.98 Å². The maximum Gasteiger partial charge on any atom is 0.186 e. The predicted molar refractivity (Wildman–Crippen MR) is 110 cm³/mol. The number of aromatic nitrogens is 3. The summed E-state index contributed by atoms with van der Waals surface area (Å²) in [4.78, 5) is 18.7.